The molecule has 3 N–H and O–H groups in total. The van der Waals surface area contributed by atoms with Gasteiger partial charge in [-0.05, 0) is 86.9 Å². The zero-order chi connectivity index (χ0) is 42.1. The molecule has 1 fully saturated rings. The van der Waals surface area contributed by atoms with Crippen LogP contribution in [0.4, 0.5) is 0 Å². The van der Waals surface area contributed by atoms with Crippen molar-refractivity contribution in [1.29, 1.82) is 0 Å². The molecule has 2 aromatic rings. The Labute approximate surface area is 345 Å². The summed E-state index contributed by atoms with van der Waals surface area (Å²) in [7, 11) is -2.33. The number of esters is 1. The number of rotatable bonds is 22. The van der Waals surface area contributed by atoms with Crippen molar-refractivity contribution in [3.05, 3.63) is 96.0 Å². The van der Waals surface area contributed by atoms with Gasteiger partial charge in [-0.1, -0.05) is 79.7 Å². The molecule has 0 radical (unpaired) electrons. The summed E-state index contributed by atoms with van der Waals surface area (Å²) in [5, 5.41) is 7.05. The van der Waals surface area contributed by atoms with Gasteiger partial charge >= 0.3 is 5.97 Å². The number of ether oxygens (including phenoxy) is 3. The van der Waals surface area contributed by atoms with Gasteiger partial charge in [0.05, 0.1) is 23.5 Å². The van der Waals surface area contributed by atoms with E-state index in [1.165, 1.54) is 31.2 Å². The normalized spacial score (nSPS) is 17.2. The van der Waals surface area contributed by atoms with Gasteiger partial charge < -0.3 is 24.8 Å². The lowest BCUT2D eigenvalue weighted by molar-refractivity contribution is -0.153. The number of hydrogen-bond donors (Lipinski definition) is 3. The van der Waals surface area contributed by atoms with Gasteiger partial charge in [-0.15, -0.1) is 6.58 Å². The smallest absolute Gasteiger partial charge is 0.324 e. The Kier molecular flexibility index (Phi) is 19.1. The summed E-state index contributed by atoms with van der Waals surface area (Å²) in [6, 6.07) is 9.90. The number of methoxy groups -OCH3 is 1. The lowest BCUT2D eigenvalue weighted by atomic mass is 9.96. The fourth-order valence-electron chi connectivity index (χ4n) is 6.18. The number of hydrogen-bond acceptors (Lipinski definition) is 10. The highest BCUT2D eigenvalue weighted by atomic mass is 79.9. The molecule has 0 aromatic heterocycles. The minimum Gasteiger partial charge on any atom is -0.474 e. The van der Waals surface area contributed by atoms with Crippen molar-refractivity contribution in [2.24, 2.45) is 11.8 Å². The molecule has 3 rings (SSSR count). The highest BCUT2D eigenvalue weighted by molar-refractivity contribution is 9.10. The van der Waals surface area contributed by atoms with E-state index >= 15 is 0 Å². The van der Waals surface area contributed by atoms with Gasteiger partial charge in [0.1, 0.15) is 23.9 Å². The molecule has 57 heavy (non-hydrogen) atoms. The second-order valence-corrected chi connectivity index (χ2v) is 17.3. The molecule has 13 nitrogen and oxygen atoms in total. The van der Waals surface area contributed by atoms with Gasteiger partial charge in [-0.3, -0.25) is 24.2 Å². The second-order valence-electron chi connectivity index (χ2n) is 14.2. The summed E-state index contributed by atoms with van der Waals surface area (Å²) < 4.78 is 44.2. The van der Waals surface area contributed by atoms with E-state index in [9.17, 15) is 27.6 Å². The first-order valence-corrected chi connectivity index (χ1v) is 21.5. The SMILES string of the molecule is C=C/C=C/CCOC(=O)[C@@H]1CCCN(C(=O)[C@H](Cc2cccc(OC(C)S(=O)(=O)c3ccc(Br)cc3)c2)NC(=O)[C@@H](NC(=O)[C@H](C)[C@@H](CCC=C)OC)C(C)C)N1. The fourth-order valence-corrected chi connectivity index (χ4v) is 7.58. The highest BCUT2D eigenvalue weighted by Gasteiger charge is 2.36. The van der Waals surface area contributed by atoms with Crippen molar-refractivity contribution < 1.29 is 41.8 Å². The van der Waals surface area contributed by atoms with E-state index in [-0.39, 0.29) is 42.0 Å². The standard InChI is InChI=1S/C42H57BrN4O9S/c1-8-10-12-13-25-55-42(51)35-18-15-24-47(46-35)41(50)36(44-40(49)38(28(3)4)45-39(48)29(5)37(54-7)19-11-9-2)27-31-16-14-17-33(26-31)56-30(6)57(52,53)34-22-20-32(43)21-23-34/h8-10,12,14,16-17,20-23,26,28-30,35-38,46H,1-2,11,13,15,18-19,24-25,27H2,3-7H3,(H,44,49)(H,45,48)/b12-10+/t29-,30?,35+,36+,37-,38+/m1/s1. The lowest BCUT2D eigenvalue weighted by Crippen LogP contribution is -2.62. The van der Waals surface area contributed by atoms with Crippen LogP contribution in [0.3, 0.4) is 0 Å². The molecule has 1 aliphatic heterocycles. The third-order valence-electron chi connectivity index (χ3n) is 9.55. The van der Waals surface area contributed by atoms with Gasteiger partial charge in [0.15, 0.2) is 0 Å². The van der Waals surface area contributed by atoms with Gasteiger partial charge in [-0.25, -0.2) is 13.8 Å². The number of benzene rings is 2. The van der Waals surface area contributed by atoms with Crippen molar-refractivity contribution in [2.75, 3.05) is 20.3 Å². The minimum absolute atomic E-state index is 0.0268. The van der Waals surface area contributed by atoms with Crippen LogP contribution in [-0.4, -0.2) is 87.0 Å². The molecule has 312 valence electrons. The first kappa shape index (κ1) is 47.1. The Hall–Kier alpha value is -4.31. The number of amides is 3. The van der Waals surface area contributed by atoms with E-state index in [4.69, 9.17) is 14.2 Å². The van der Waals surface area contributed by atoms with Crippen LogP contribution in [0.1, 0.15) is 65.4 Å². The third kappa shape index (κ3) is 14.2. The highest BCUT2D eigenvalue weighted by Crippen LogP contribution is 2.24. The van der Waals surface area contributed by atoms with Gasteiger partial charge in [-0.2, -0.15) is 0 Å². The Morgan fingerprint density at radius 3 is 2.39 bits per heavy atom. The number of nitrogens with one attached hydrogen (secondary N) is 3. The van der Waals surface area contributed by atoms with E-state index in [1.54, 1.807) is 75.4 Å². The first-order valence-electron chi connectivity index (χ1n) is 19.1. The predicted octanol–water partition coefficient (Wildman–Crippen LogP) is 5.60. The number of nitrogens with zero attached hydrogens (tertiary/aromatic N) is 1. The van der Waals surface area contributed by atoms with Crippen LogP contribution in [0.2, 0.25) is 0 Å². The average molecular weight is 874 g/mol. The summed E-state index contributed by atoms with van der Waals surface area (Å²) in [5.41, 5.74) is 2.31. The molecule has 1 aliphatic rings. The van der Waals surface area contributed by atoms with E-state index in [0.717, 1.165) is 4.47 Å². The van der Waals surface area contributed by atoms with Gasteiger partial charge in [0.2, 0.25) is 27.1 Å². The van der Waals surface area contributed by atoms with Crippen molar-refractivity contribution >= 4 is 49.5 Å². The molecule has 1 saturated heterocycles. The van der Waals surface area contributed by atoms with Crippen LogP contribution in [0.25, 0.3) is 0 Å². The topological polar surface area (TPSA) is 169 Å². The molecule has 0 saturated carbocycles. The van der Waals surface area contributed by atoms with Crippen LogP contribution >= 0.6 is 15.9 Å². The quantitative estimate of drug-likeness (QED) is 0.0586. The van der Waals surface area contributed by atoms with Crippen molar-refractivity contribution in [1.82, 2.24) is 21.1 Å². The number of hydrazine groups is 1. The Morgan fingerprint density at radius 1 is 1.02 bits per heavy atom. The largest absolute Gasteiger partial charge is 0.474 e. The Bertz CT molecular complexity index is 1820. The molecule has 1 unspecified atom stereocenters. The molecule has 3 amide bonds. The van der Waals surface area contributed by atoms with E-state index in [2.05, 4.69) is 45.1 Å². The van der Waals surface area contributed by atoms with Crippen LogP contribution in [0.15, 0.2) is 95.4 Å². The first-order chi connectivity index (χ1) is 27.1. The second kappa shape index (κ2) is 23.2. The number of sulfone groups is 1. The summed E-state index contributed by atoms with van der Waals surface area (Å²) in [5.74, 6) is -2.66. The van der Waals surface area contributed by atoms with Crippen molar-refractivity contribution in [3.63, 3.8) is 0 Å². The average Bonchev–Trinajstić information content (AvgIpc) is 3.19. The summed E-state index contributed by atoms with van der Waals surface area (Å²) >= 11 is 3.32. The molecular weight excluding hydrogens is 816 g/mol. The van der Waals surface area contributed by atoms with Gasteiger partial charge in [0.25, 0.3) is 5.91 Å². The zero-order valence-corrected chi connectivity index (χ0v) is 35.9. The molecule has 6 atom stereocenters. The number of allylic oxidation sites excluding steroid dienone is 3. The maximum absolute atomic E-state index is 14.3. The molecule has 15 heteroatoms. The Morgan fingerprint density at radius 2 is 1.74 bits per heavy atom. The summed E-state index contributed by atoms with van der Waals surface area (Å²) in [4.78, 5) is 54.8. The minimum atomic E-state index is -3.86. The van der Waals surface area contributed by atoms with Crippen molar-refractivity contribution in [2.45, 2.75) is 101 Å². The molecule has 2 aromatic carbocycles. The summed E-state index contributed by atoms with van der Waals surface area (Å²) in [6.07, 6.45) is 9.20. The van der Waals surface area contributed by atoms with E-state index in [0.29, 0.717) is 37.7 Å². The lowest BCUT2D eigenvalue weighted by Gasteiger charge is -2.35. The van der Waals surface area contributed by atoms with Crippen molar-refractivity contribution in [3.8, 4) is 5.75 Å². The number of carbonyl (C=O) groups is 4. The van der Waals surface area contributed by atoms with Crippen LogP contribution in [0, 0.1) is 11.8 Å². The van der Waals surface area contributed by atoms with Crippen LogP contribution in [-0.2, 0) is 44.9 Å². The maximum Gasteiger partial charge on any atom is 0.324 e. The zero-order valence-electron chi connectivity index (χ0n) is 33.4. The molecule has 1 heterocycles. The molecule has 0 bridgehead atoms. The fraction of sp³-hybridized carbons (Fsp3) is 0.476. The van der Waals surface area contributed by atoms with Crippen LogP contribution in [0.5, 0.6) is 5.75 Å². The van der Waals surface area contributed by atoms with E-state index < -0.39 is 63.2 Å². The third-order valence-corrected chi connectivity index (χ3v) is 12.0. The van der Waals surface area contributed by atoms with E-state index in [1.807, 2.05) is 6.08 Å². The van der Waals surface area contributed by atoms with Gasteiger partial charge in [0, 0.05) is 24.5 Å². The molecular formula is C42H57BrN4O9S. The number of carbonyl (C=O) groups excluding carboxylic acids is 4. The molecule has 0 spiro atoms. The Balaban J connectivity index is 1.87. The monoisotopic (exact) mass is 872 g/mol. The summed E-state index contributed by atoms with van der Waals surface area (Å²) in [6.45, 7) is 14.5. The number of halogens is 1. The predicted molar refractivity (Wildman–Crippen MR) is 222 cm³/mol. The maximum atomic E-state index is 14.3. The van der Waals surface area contributed by atoms with Crippen LogP contribution < -0.4 is 20.8 Å². The molecule has 0 aliphatic carbocycles.